The van der Waals surface area contributed by atoms with Crippen molar-refractivity contribution >= 4 is 0 Å². The normalized spacial score (nSPS) is 21.0. The Labute approximate surface area is 215 Å². The molecule has 0 aliphatic carbocycles. The number of hydrogen-bond acceptors (Lipinski definition) is 5. The van der Waals surface area contributed by atoms with Gasteiger partial charge in [0.05, 0.1) is 7.11 Å². The van der Waals surface area contributed by atoms with Gasteiger partial charge in [-0.1, -0.05) is 55.5 Å². The highest BCUT2D eigenvalue weighted by Gasteiger charge is 2.45. The highest BCUT2D eigenvalue weighted by molar-refractivity contribution is 5.52. The summed E-state index contributed by atoms with van der Waals surface area (Å²) in [7, 11) is 1.68. The molecule has 5 nitrogen and oxygen atoms in total. The van der Waals surface area contributed by atoms with Crippen LogP contribution in [0.3, 0.4) is 0 Å². The van der Waals surface area contributed by atoms with Crippen molar-refractivity contribution in [3.63, 3.8) is 0 Å². The molecule has 5 atom stereocenters. The molecular formula is C31H39NO4. The van der Waals surface area contributed by atoms with Crippen LogP contribution in [0, 0.1) is 0 Å². The third-order valence-electron chi connectivity index (χ3n) is 7.17. The van der Waals surface area contributed by atoms with Gasteiger partial charge in [0.1, 0.15) is 29.0 Å². The van der Waals surface area contributed by atoms with Gasteiger partial charge in [-0.15, -0.1) is 0 Å². The first-order valence-corrected chi connectivity index (χ1v) is 12.9. The fraction of sp³-hybridized carbons (Fsp3) is 0.419. The third kappa shape index (κ3) is 5.53. The second-order valence-electron chi connectivity index (χ2n) is 10.3. The standard InChI is InChI=1S/C31H39NO4/c1-7-20(2)32-30(21(3)33)35-24-15-13-22(14-16-24)28-26-18-17-25(34-6)19-27(26)36-31(4,5)29(28)23-11-9-8-10-12-23/h8-21,28-30,32-33H,7H2,1-6H3/t20?,21-,28-,29+,30?/m1/s1. The Morgan fingerprint density at radius 2 is 1.61 bits per heavy atom. The predicted octanol–water partition coefficient (Wildman–Crippen LogP) is 6.26. The Morgan fingerprint density at radius 3 is 2.22 bits per heavy atom. The smallest absolute Gasteiger partial charge is 0.176 e. The number of hydrogen-bond donors (Lipinski definition) is 2. The van der Waals surface area contributed by atoms with Gasteiger partial charge in [-0.3, -0.25) is 5.32 Å². The van der Waals surface area contributed by atoms with Crippen LogP contribution >= 0.6 is 0 Å². The molecule has 0 saturated heterocycles. The number of ether oxygens (including phenoxy) is 3. The molecule has 3 aromatic rings. The Kier molecular flexibility index (Phi) is 7.91. The summed E-state index contributed by atoms with van der Waals surface area (Å²) in [6.07, 6.45) is -0.159. The van der Waals surface area contributed by atoms with E-state index in [2.05, 4.69) is 75.5 Å². The van der Waals surface area contributed by atoms with Crippen LogP contribution in [0.4, 0.5) is 0 Å². The quantitative estimate of drug-likeness (QED) is 0.348. The molecule has 0 spiro atoms. The molecule has 2 unspecified atom stereocenters. The van der Waals surface area contributed by atoms with E-state index in [4.69, 9.17) is 14.2 Å². The molecule has 2 N–H and O–H groups in total. The first-order valence-electron chi connectivity index (χ1n) is 12.9. The predicted molar refractivity (Wildman–Crippen MR) is 144 cm³/mol. The van der Waals surface area contributed by atoms with Gasteiger partial charge in [0, 0.05) is 29.5 Å². The van der Waals surface area contributed by atoms with Crippen LogP contribution < -0.4 is 19.5 Å². The van der Waals surface area contributed by atoms with Crippen molar-refractivity contribution in [2.75, 3.05) is 7.11 Å². The molecule has 1 aliphatic heterocycles. The van der Waals surface area contributed by atoms with Crippen molar-refractivity contribution in [1.82, 2.24) is 5.32 Å². The van der Waals surface area contributed by atoms with Crippen LogP contribution in [0.15, 0.2) is 72.8 Å². The minimum atomic E-state index is -0.640. The van der Waals surface area contributed by atoms with Crippen molar-refractivity contribution in [1.29, 1.82) is 0 Å². The summed E-state index contributed by atoms with van der Waals surface area (Å²) in [5, 5.41) is 13.6. The van der Waals surface area contributed by atoms with Gasteiger partial charge in [0.25, 0.3) is 0 Å². The van der Waals surface area contributed by atoms with E-state index < -0.39 is 17.9 Å². The molecule has 0 saturated carbocycles. The largest absolute Gasteiger partial charge is 0.497 e. The van der Waals surface area contributed by atoms with E-state index in [0.29, 0.717) is 0 Å². The molecule has 4 rings (SSSR count). The van der Waals surface area contributed by atoms with Crippen LogP contribution in [0.25, 0.3) is 0 Å². The summed E-state index contributed by atoms with van der Waals surface area (Å²) in [5.41, 5.74) is 3.11. The van der Waals surface area contributed by atoms with Crippen molar-refractivity contribution < 1.29 is 19.3 Å². The number of rotatable bonds is 9. The van der Waals surface area contributed by atoms with Crippen LogP contribution in [0.2, 0.25) is 0 Å². The zero-order chi connectivity index (χ0) is 25.9. The minimum absolute atomic E-state index is 0.0805. The van der Waals surface area contributed by atoms with E-state index in [1.807, 2.05) is 30.3 Å². The highest BCUT2D eigenvalue weighted by atomic mass is 16.5. The average Bonchev–Trinajstić information content (AvgIpc) is 2.87. The molecule has 5 heteroatoms. The maximum absolute atomic E-state index is 10.2. The average molecular weight is 490 g/mol. The molecular weight excluding hydrogens is 450 g/mol. The van der Waals surface area contributed by atoms with Crippen molar-refractivity contribution in [3.05, 3.63) is 89.5 Å². The molecule has 1 aliphatic rings. The summed E-state index contributed by atoms with van der Waals surface area (Å²) in [5.74, 6) is 2.53. The maximum atomic E-state index is 10.2. The lowest BCUT2D eigenvalue weighted by Gasteiger charge is -2.45. The lowest BCUT2D eigenvalue weighted by Crippen LogP contribution is -2.47. The first-order chi connectivity index (χ1) is 17.2. The number of aliphatic hydroxyl groups excluding tert-OH is 1. The topological polar surface area (TPSA) is 60.0 Å². The Bertz CT molecular complexity index is 1130. The summed E-state index contributed by atoms with van der Waals surface area (Å²) in [6.45, 7) is 10.3. The van der Waals surface area contributed by atoms with Crippen LogP contribution in [0.1, 0.15) is 69.6 Å². The molecule has 0 aromatic heterocycles. The monoisotopic (exact) mass is 489 g/mol. The van der Waals surface area contributed by atoms with Gasteiger partial charge in [-0.25, -0.2) is 0 Å². The molecule has 36 heavy (non-hydrogen) atoms. The van der Waals surface area contributed by atoms with E-state index in [0.717, 1.165) is 29.2 Å². The third-order valence-corrected chi connectivity index (χ3v) is 7.17. The maximum Gasteiger partial charge on any atom is 0.176 e. The number of methoxy groups -OCH3 is 1. The lowest BCUT2D eigenvalue weighted by atomic mass is 9.68. The Morgan fingerprint density at radius 1 is 0.944 bits per heavy atom. The second kappa shape index (κ2) is 10.9. The summed E-state index contributed by atoms with van der Waals surface area (Å²) in [6, 6.07) is 25.2. The minimum Gasteiger partial charge on any atom is -0.497 e. The van der Waals surface area contributed by atoms with Gasteiger partial charge in [-0.2, -0.15) is 0 Å². The molecule has 0 radical (unpaired) electrons. The van der Waals surface area contributed by atoms with Gasteiger partial charge in [0.15, 0.2) is 6.23 Å². The molecule has 3 aromatic carbocycles. The van der Waals surface area contributed by atoms with E-state index in [1.54, 1.807) is 14.0 Å². The first kappa shape index (κ1) is 26.1. The molecule has 192 valence electrons. The van der Waals surface area contributed by atoms with Crippen molar-refractivity contribution in [3.8, 4) is 17.2 Å². The van der Waals surface area contributed by atoms with E-state index >= 15 is 0 Å². The highest BCUT2D eigenvalue weighted by Crippen LogP contribution is 2.53. The van der Waals surface area contributed by atoms with Crippen LogP contribution in [-0.2, 0) is 0 Å². The summed E-state index contributed by atoms with van der Waals surface area (Å²) >= 11 is 0. The van der Waals surface area contributed by atoms with Crippen molar-refractivity contribution in [2.24, 2.45) is 0 Å². The Hall–Kier alpha value is -3.02. The molecule has 0 fully saturated rings. The second-order valence-corrected chi connectivity index (χ2v) is 10.3. The molecule has 0 amide bonds. The van der Waals surface area contributed by atoms with Gasteiger partial charge < -0.3 is 19.3 Å². The zero-order valence-electron chi connectivity index (χ0n) is 22.2. The Balaban J connectivity index is 1.72. The molecule has 1 heterocycles. The summed E-state index contributed by atoms with van der Waals surface area (Å²) < 4.78 is 18.2. The fourth-order valence-electron chi connectivity index (χ4n) is 5.11. The van der Waals surface area contributed by atoms with Gasteiger partial charge >= 0.3 is 0 Å². The number of fused-ring (bicyclic) bond motifs is 1. The van der Waals surface area contributed by atoms with Gasteiger partial charge in [-0.05, 0) is 63.4 Å². The van der Waals surface area contributed by atoms with Crippen LogP contribution in [0.5, 0.6) is 17.2 Å². The lowest BCUT2D eigenvalue weighted by molar-refractivity contribution is 0.0202. The van der Waals surface area contributed by atoms with Gasteiger partial charge in [0.2, 0.25) is 0 Å². The molecule has 0 bridgehead atoms. The fourth-order valence-corrected chi connectivity index (χ4v) is 5.11. The van der Waals surface area contributed by atoms with E-state index in [-0.39, 0.29) is 17.9 Å². The number of aliphatic hydroxyl groups is 1. The van der Waals surface area contributed by atoms with E-state index in [1.165, 1.54) is 11.1 Å². The van der Waals surface area contributed by atoms with Crippen molar-refractivity contribution in [2.45, 2.75) is 76.9 Å². The zero-order valence-corrected chi connectivity index (χ0v) is 22.2. The van der Waals surface area contributed by atoms with E-state index in [9.17, 15) is 5.11 Å². The SMILES string of the molecule is CCC(C)NC(Oc1ccc([C@@H]2c3ccc(OC)cc3OC(C)(C)[C@H]2c2ccccc2)cc1)[C@@H](C)O. The number of benzene rings is 3. The van der Waals surface area contributed by atoms with Crippen LogP contribution in [-0.4, -0.2) is 36.2 Å². The summed E-state index contributed by atoms with van der Waals surface area (Å²) in [4.78, 5) is 0. The number of nitrogens with one attached hydrogen (secondary N) is 1.